The minimum Gasteiger partial charge on any atom is -0.507 e. The zero-order valence-corrected chi connectivity index (χ0v) is 18.3. The molecule has 0 radical (unpaired) electrons. The number of aryl methyl sites for hydroxylation is 1. The van der Waals surface area contributed by atoms with E-state index in [1.807, 2.05) is 53.7 Å². The van der Waals surface area contributed by atoms with E-state index >= 15 is 0 Å². The summed E-state index contributed by atoms with van der Waals surface area (Å²) in [6.07, 6.45) is 1.90. The van der Waals surface area contributed by atoms with Crippen LogP contribution < -0.4 is 5.43 Å². The topological polar surface area (TPSA) is 118 Å². The fourth-order valence-electron chi connectivity index (χ4n) is 2.97. The van der Waals surface area contributed by atoms with Crippen LogP contribution in [-0.2, 0) is 22.0 Å². The number of rotatable bonds is 6. The van der Waals surface area contributed by atoms with Crippen molar-refractivity contribution in [2.45, 2.75) is 65.2 Å². The van der Waals surface area contributed by atoms with Crippen molar-refractivity contribution >= 4 is 18.0 Å². The van der Waals surface area contributed by atoms with Gasteiger partial charge in [-0.15, -0.1) is 0 Å². The number of nitrogens with zero attached hydrogens (tertiary/aromatic N) is 2. The lowest BCUT2D eigenvalue weighted by Crippen LogP contribution is -2.20. The number of phenols is 1. The summed E-state index contributed by atoms with van der Waals surface area (Å²) in [5.74, 6) is -0.208. The summed E-state index contributed by atoms with van der Waals surface area (Å²) in [5.41, 5.74) is 4.58. The number of furan rings is 1. The molecule has 0 saturated carbocycles. The van der Waals surface area contributed by atoms with Gasteiger partial charge in [-0.3, -0.25) is 14.9 Å². The first kappa shape index (κ1) is 23.1. The van der Waals surface area contributed by atoms with Crippen LogP contribution in [0.1, 0.15) is 70.4 Å². The molecule has 0 spiro atoms. The van der Waals surface area contributed by atoms with Crippen LogP contribution in [0.3, 0.4) is 0 Å². The second-order valence-corrected chi connectivity index (χ2v) is 9.27. The van der Waals surface area contributed by atoms with Gasteiger partial charge in [0.1, 0.15) is 10.7 Å². The molecule has 0 aliphatic rings. The quantitative estimate of drug-likeness (QED) is 0.407. The molecule has 2 rings (SSSR count). The third-order valence-electron chi connectivity index (χ3n) is 4.60. The van der Waals surface area contributed by atoms with Crippen molar-refractivity contribution in [3.8, 4) is 5.75 Å². The minimum atomic E-state index is -0.648. The molecule has 1 heterocycles. The smallest absolute Gasteiger partial charge is 0.433 e. The Balaban J connectivity index is 2.07. The molecule has 30 heavy (non-hydrogen) atoms. The summed E-state index contributed by atoms with van der Waals surface area (Å²) in [5, 5.41) is 25.1. The van der Waals surface area contributed by atoms with Crippen LogP contribution in [0.4, 0.5) is 5.88 Å². The molecule has 0 saturated heterocycles. The number of nitro groups is 1. The van der Waals surface area contributed by atoms with E-state index in [2.05, 4.69) is 10.5 Å². The zero-order chi connectivity index (χ0) is 22.7. The zero-order valence-electron chi connectivity index (χ0n) is 18.3. The maximum Gasteiger partial charge on any atom is 0.433 e. The van der Waals surface area contributed by atoms with Gasteiger partial charge in [-0.2, -0.15) is 5.10 Å². The van der Waals surface area contributed by atoms with Crippen LogP contribution in [-0.4, -0.2) is 22.2 Å². The van der Waals surface area contributed by atoms with Crippen molar-refractivity contribution in [2.75, 3.05) is 0 Å². The van der Waals surface area contributed by atoms with Crippen LogP contribution in [0.5, 0.6) is 5.75 Å². The van der Waals surface area contributed by atoms with Crippen LogP contribution >= 0.6 is 0 Å². The van der Waals surface area contributed by atoms with Gasteiger partial charge in [0.25, 0.3) is 0 Å². The fraction of sp³-hybridized carbons (Fsp3) is 0.455. The van der Waals surface area contributed by atoms with E-state index in [4.69, 9.17) is 4.42 Å². The van der Waals surface area contributed by atoms with Crippen molar-refractivity contribution in [1.82, 2.24) is 5.43 Å². The summed E-state index contributed by atoms with van der Waals surface area (Å²) < 4.78 is 4.93. The number of carbonyl (C=O) groups is 1. The molecule has 1 aromatic carbocycles. The first-order valence-corrected chi connectivity index (χ1v) is 9.72. The van der Waals surface area contributed by atoms with E-state index in [1.165, 1.54) is 18.3 Å². The Morgan fingerprint density at radius 3 is 2.20 bits per heavy atom. The van der Waals surface area contributed by atoms with E-state index in [0.717, 1.165) is 16.7 Å². The Hall–Kier alpha value is -3.16. The number of amides is 1. The molecule has 2 N–H and O–H groups in total. The van der Waals surface area contributed by atoms with Gasteiger partial charge in [0.15, 0.2) is 5.76 Å². The largest absolute Gasteiger partial charge is 0.507 e. The molecule has 0 aliphatic heterocycles. The number of carbonyl (C=O) groups excluding carboxylic acids is 1. The van der Waals surface area contributed by atoms with Crippen LogP contribution in [0.2, 0.25) is 0 Å². The number of nitrogens with one attached hydrogen (secondary N) is 1. The Morgan fingerprint density at radius 2 is 1.73 bits per heavy atom. The van der Waals surface area contributed by atoms with E-state index in [1.54, 1.807) is 0 Å². The molecule has 2 aromatic rings. The van der Waals surface area contributed by atoms with Gasteiger partial charge >= 0.3 is 5.88 Å². The average molecular weight is 415 g/mol. The molecule has 8 heteroatoms. The fourth-order valence-corrected chi connectivity index (χ4v) is 2.97. The lowest BCUT2D eigenvalue weighted by molar-refractivity contribution is -0.402. The molecular weight excluding hydrogens is 386 g/mol. The molecule has 0 bridgehead atoms. The summed E-state index contributed by atoms with van der Waals surface area (Å²) in [6.45, 7) is 12.2. The molecule has 8 nitrogen and oxygen atoms in total. The third kappa shape index (κ3) is 5.92. The SMILES string of the molecule is CC(C)(C)c1cc(CCC(=O)N/N=C\c2ccc([N+](=O)[O-])o2)cc(C(C)(C)C)c1O. The number of phenolic OH excluding ortho intramolecular Hbond substituents is 1. The highest BCUT2D eigenvalue weighted by molar-refractivity contribution is 5.80. The highest BCUT2D eigenvalue weighted by Crippen LogP contribution is 2.39. The molecule has 0 unspecified atom stereocenters. The van der Waals surface area contributed by atoms with Gasteiger partial charge in [0.05, 0.1) is 12.3 Å². The molecule has 1 amide bonds. The van der Waals surface area contributed by atoms with Crippen molar-refractivity contribution in [1.29, 1.82) is 0 Å². The lowest BCUT2D eigenvalue weighted by atomic mass is 9.78. The van der Waals surface area contributed by atoms with Crippen LogP contribution in [0, 0.1) is 10.1 Å². The summed E-state index contributed by atoms with van der Waals surface area (Å²) >= 11 is 0. The molecule has 0 fully saturated rings. The molecular formula is C22H29N3O5. The lowest BCUT2D eigenvalue weighted by Gasteiger charge is -2.28. The summed E-state index contributed by atoms with van der Waals surface area (Å²) in [4.78, 5) is 22.1. The summed E-state index contributed by atoms with van der Waals surface area (Å²) in [7, 11) is 0. The maximum absolute atomic E-state index is 12.1. The van der Waals surface area contributed by atoms with Gasteiger partial charge in [0.2, 0.25) is 5.91 Å². The van der Waals surface area contributed by atoms with Gasteiger partial charge in [-0.05, 0) is 40.0 Å². The van der Waals surface area contributed by atoms with E-state index in [9.17, 15) is 20.0 Å². The van der Waals surface area contributed by atoms with E-state index < -0.39 is 4.92 Å². The van der Waals surface area contributed by atoms with Crippen molar-refractivity contribution in [3.05, 3.63) is 56.8 Å². The number of hydrogen-bond acceptors (Lipinski definition) is 6. The molecule has 0 aliphatic carbocycles. The highest BCUT2D eigenvalue weighted by Gasteiger charge is 2.26. The first-order chi connectivity index (χ1) is 13.8. The monoisotopic (exact) mass is 415 g/mol. The standard InChI is InChI=1S/C22H29N3O5/c1-21(2,3)16-11-14(12-17(20(16)27)22(4,5)6)7-9-18(26)24-23-13-15-8-10-19(30-15)25(28)29/h8,10-13,27H,7,9H2,1-6H3,(H,24,26)/b23-13-. The molecule has 162 valence electrons. The molecule has 1 aromatic heterocycles. The third-order valence-corrected chi connectivity index (χ3v) is 4.60. The normalized spacial score (nSPS) is 12.3. The van der Waals surface area contributed by atoms with Crippen LogP contribution in [0.15, 0.2) is 33.8 Å². The predicted molar refractivity (Wildman–Crippen MR) is 115 cm³/mol. The molecule has 0 atom stereocenters. The first-order valence-electron chi connectivity index (χ1n) is 9.72. The second-order valence-electron chi connectivity index (χ2n) is 9.27. The van der Waals surface area contributed by atoms with E-state index in [-0.39, 0.29) is 34.8 Å². The Morgan fingerprint density at radius 1 is 1.17 bits per heavy atom. The maximum atomic E-state index is 12.1. The van der Waals surface area contributed by atoms with Crippen LogP contribution in [0.25, 0.3) is 0 Å². The number of benzene rings is 1. The Labute approximate surface area is 176 Å². The Kier molecular flexibility index (Phi) is 6.70. The number of hydrogen-bond donors (Lipinski definition) is 2. The van der Waals surface area contributed by atoms with Crippen molar-refractivity contribution in [2.24, 2.45) is 5.10 Å². The van der Waals surface area contributed by atoms with Gasteiger partial charge in [0, 0.05) is 6.42 Å². The van der Waals surface area contributed by atoms with E-state index in [0.29, 0.717) is 12.2 Å². The highest BCUT2D eigenvalue weighted by atomic mass is 16.6. The number of hydrazone groups is 1. The summed E-state index contributed by atoms with van der Waals surface area (Å²) in [6, 6.07) is 6.51. The van der Waals surface area contributed by atoms with Gasteiger partial charge in [-0.25, -0.2) is 5.43 Å². The van der Waals surface area contributed by atoms with Gasteiger partial charge in [-0.1, -0.05) is 53.7 Å². The van der Waals surface area contributed by atoms with Crippen molar-refractivity contribution in [3.63, 3.8) is 0 Å². The number of aromatic hydroxyl groups is 1. The Bertz CT molecular complexity index is 927. The van der Waals surface area contributed by atoms with Crippen molar-refractivity contribution < 1.29 is 19.2 Å². The second kappa shape index (κ2) is 8.69. The average Bonchev–Trinajstić information content (AvgIpc) is 3.08. The minimum absolute atomic E-state index is 0.171. The predicted octanol–water partition coefficient (Wildman–Crippen LogP) is 4.57. The van der Waals surface area contributed by atoms with Gasteiger partial charge < -0.3 is 9.52 Å².